The average molecular weight is 369 g/mol. The third kappa shape index (κ3) is 3.62. The number of fused-ring (bicyclic) bond motifs is 1. The summed E-state index contributed by atoms with van der Waals surface area (Å²) in [4.78, 5) is 18.0. The fraction of sp³-hybridized carbons (Fsp3) is 0.944. The lowest BCUT2D eigenvalue weighted by molar-refractivity contribution is -0.125. The molecule has 2 saturated heterocycles. The van der Waals surface area contributed by atoms with Gasteiger partial charge in [-0.15, -0.1) is 0 Å². The zero-order chi connectivity index (χ0) is 18.3. The standard InChI is InChI=1S/C18H32FN5O2/c1-3-16-22-17(23-26-16)13-6-10-4-5-15(12(10)7-14(13)19)21-18(25)11-8-20-24(2)9-11/h10-17,20,22-23H,3-9H2,1-2H3,(H,21,25)/t10?,11?,12?,13?,14?,15-,16?,17?/m1/s1. The van der Waals surface area contributed by atoms with Crippen LogP contribution in [0.1, 0.15) is 39.0 Å². The maximum atomic E-state index is 15.0. The van der Waals surface area contributed by atoms with Crippen molar-refractivity contribution in [1.82, 2.24) is 26.5 Å². The summed E-state index contributed by atoms with van der Waals surface area (Å²) >= 11 is 0. The first-order chi connectivity index (χ1) is 12.5. The van der Waals surface area contributed by atoms with Crippen molar-refractivity contribution in [2.75, 3.05) is 20.1 Å². The van der Waals surface area contributed by atoms with Crippen LogP contribution in [0.3, 0.4) is 0 Å². The van der Waals surface area contributed by atoms with Crippen molar-refractivity contribution in [3.63, 3.8) is 0 Å². The average Bonchev–Trinajstić information content (AvgIpc) is 3.34. The molecule has 2 aliphatic carbocycles. The van der Waals surface area contributed by atoms with Crippen LogP contribution in [0, 0.1) is 23.7 Å². The molecule has 0 aromatic heterocycles. The SMILES string of the molecule is CCC1NC(C2CC3CC[C@@H](NC(=O)C4CNN(C)C4)C3CC2F)NO1. The minimum atomic E-state index is -0.864. The van der Waals surface area contributed by atoms with E-state index >= 15 is 0 Å². The summed E-state index contributed by atoms with van der Waals surface area (Å²) in [5, 5.41) is 8.54. The largest absolute Gasteiger partial charge is 0.353 e. The lowest BCUT2D eigenvalue weighted by Gasteiger charge is -2.39. The first-order valence-corrected chi connectivity index (χ1v) is 10.1. The number of hydrogen-bond acceptors (Lipinski definition) is 6. The fourth-order valence-corrected chi connectivity index (χ4v) is 5.29. The van der Waals surface area contributed by atoms with Crippen molar-refractivity contribution in [2.24, 2.45) is 23.7 Å². The van der Waals surface area contributed by atoms with E-state index in [9.17, 15) is 9.18 Å². The van der Waals surface area contributed by atoms with E-state index in [-0.39, 0.29) is 42.1 Å². The van der Waals surface area contributed by atoms with Crippen molar-refractivity contribution < 1.29 is 14.0 Å². The second-order valence-corrected chi connectivity index (χ2v) is 8.48. The molecular formula is C18H32FN5O2. The molecule has 4 N–H and O–H groups in total. The van der Waals surface area contributed by atoms with E-state index in [4.69, 9.17) is 4.84 Å². The highest BCUT2D eigenvalue weighted by Crippen LogP contribution is 2.46. The molecule has 8 atom stereocenters. The molecule has 0 aromatic rings. The van der Waals surface area contributed by atoms with Gasteiger partial charge in [-0.1, -0.05) is 6.92 Å². The highest BCUT2D eigenvalue weighted by Gasteiger charge is 2.48. The van der Waals surface area contributed by atoms with Crippen molar-refractivity contribution >= 4 is 5.91 Å². The monoisotopic (exact) mass is 369 g/mol. The van der Waals surface area contributed by atoms with E-state index in [1.54, 1.807) is 0 Å². The van der Waals surface area contributed by atoms with Crippen LogP contribution >= 0.6 is 0 Å². The zero-order valence-corrected chi connectivity index (χ0v) is 15.7. The second kappa shape index (κ2) is 7.67. The Hall–Kier alpha value is -0.800. The molecule has 4 fully saturated rings. The minimum Gasteiger partial charge on any atom is -0.353 e. The van der Waals surface area contributed by atoms with E-state index in [0.29, 0.717) is 18.9 Å². The number of rotatable bonds is 4. The lowest BCUT2D eigenvalue weighted by atomic mass is 9.72. The third-order valence-electron chi connectivity index (χ3n) is 6.81. The molecule has 0 spiro atoms. The summed E-state index contributed by atoms with van der Waals surface area (Å²) in [6, 6.07) is 0.127. The molecule has 8 heteroatoms. The molecule has 7 unspecified atom stereocenters. The lowest BCUT2D eigenvalue weighted by Crippen LogP contribution is -2.50. The number of nitrogens with zero attached hydrogens (tertiary/aromatic N) is 1. The number of amides is 1. The van der Waals surface area contributed by atoms with Crippen LogP contribution in [0.5, 0.6) is 0 Å². The third-order valence-corrected chi connectivity index (χ3v) is 6.81. The zero-order valence-electron chi connectivity index (χ0n) is 15.7. The maximum absolute atomic E-state index is 15.0. The molecule has 4 rings (SSSR count). The first-order valence-electron chi connectivity index (χ1n) is 10.1. The molecule has 2 aliphatic heterocycles. The molecule has 2 saturated carbocycles. The Balaban J connectivity index is 1.33. The quantitative estimate of drug-likeness (QED) is 0.578. The Bertz CT molecular complexity index is 524. The first kappa shape index (κ1) is 18.6. The Labute approximate surface area is 154 Å². The van der Waals surface area contributed by atoms with Gasteiger partial charge in [-0.3, -0.25) is 20.4 Å². The summed E-state index contributed by atoms with van der Waals surface area (Å²) in [6.45, 7) is 3.47. The molecule has 4 aliphatic rings. The van der Waals surface area contributed by atoms with Crippen molar-refractivity contribution in [3.05, 3.63) is 0 Å². The molecule has 148 valence electrons. The smallest absolute Gasteiger partial charge is 0.226 e. The summed E-state index contributed by atoms with van der Waals surface area (Å²) < 4.78 is 15.0. The van der Waals surface area contributed by atoms with Gasteiger partial charge in [0.15, 0.2) is 0 Å². The van der Waals surface area contributed by atoms with Crippen LogP contribution in [0.25, 0.3) is 0 Å². The van der Waals surface area contributed by atoms with E-state index in [0.717, 1.165) is 32.2 Å². The van der Waals surface area contributed by atoms with E-state index in [1.807, 2.05) is 19.0 Å². The summed E-state index contributed by atoms with van der Waals surface area (Å²) in [5.74, 6) is 0.803. The topological polar surface area (TPSA) is 77.7 Å². The molecule has 1 amide bonds. The second-order valence-electron chi connectivity index (χ2n) is 8.48. The van der Waals surface area contributed by atoms with Crippen LogP contribution in [0.4, 0.5) is 4.39 Å². The molecular weight excluding hydrogens is 337 g/mol. The molecule has 0 aromatic carbocycles. The number of hydroxylamine groups is 1. The molecule has 0 radical (unpaired) electrons. The molecule has 2 heterocycles. The Morgan fingerprint density at radius 3 is 2.85 bits per heavy atom. The number of alkyl halides is 1. The van der Waals surface area contributed by atoms with E-state index in [2.05, 4.69) is 21.5 Å². The van der Waals surface area contributed by atoms with Crippen molar-refractivity contribution in [2.45, 2.75) is 63.6 Å². The van der Waals surface area contributed by atoms with Crippen LogP contribution in [0.2, 0.25) is 0 Å². The van der Waals surface area contributed by atoms with E-state index in [1.165, 1.54) is 0 Å². The number of hydrogen-bond donors (Lipinski definition) is 4. The van der Waals surface area contributed by atoms with Crippen LogP contribution in [0.15, 0.2) is 0 Å². The highest BCUT2D eigenvalue weighted by atomic mass is 19.1. The van der Waals surface area contributed by atoms with Gasteiger partial charge in [0.2, 0.25) is 5.91 Å². The number of halogens is 1. The predicted octanol–water partition coefficient (Wildman–Crippen LogP) is 0.498. The minimum absolute atomic E-state index is 0.00780. The van der Waals surface area contributed by atoms with Gasteiger partial charge in [-0.25, -0.2) is 9.40 Å². The Morgan fingerprint density at radius 1 is 1.31 bits per heavy atom. The Kier molecular flexibility index (Phi) is 5.48. The van der Waals surface area contributed by atoms with E-state index < -0.39 is 6.17 Å². The number of carbonyl (C=O) groups excluding carboxylic acids is 1. The summed E-state index contributed by atoms with van der Waals surface area (Å²) in [5.41, 5.74) is 6.16. The number of hydrazine groups is 1. The maximum Gasteiger partial charge on any atom is 0.226 e. The molecule has 26 heavy (non-hydrogen) atoms. The van der Waals surface area contributed by atoms with Crippen molar-refractivity contribution in [3.8, 4) is 0 Å². The number of nitrogens with one attached hydrogen (secondary N) is 4. The fourth-order valence-electron chi connectivity index (χ4n) is 5.29. The van der Waals surface area contributed by atoms with Gasteiger partial charge >= 0.3 is 0 Å². The van der Waals surface area contributed by atoms with Gasteiger partial charge in [0.25, 0.3) is 0 Å². The van der Waals surface area contributed by atoms with Gasteiger partial charge < -0.3 is 5.32 Å². The Morgan fingerprint density at radius 2 is 2.15 bits per heavy atom. The van der Waals surface area contributed by atoms with Crippen LogP contribution in [-0.2, 0) is 9.63 Å². The number of carbonyl (C=O) groups is 1. The predicted molar refractivity (Wildman–Crippen MR) is 95.1 cm³/mol. The van der Waals surface area contributed by atoms with Crippen LogP contribution in [-0.4, -0.2) is 55.7 Å². The van der Waals surface area contributed by atoms with Gasteiger partial charge in [0.1, 0.15) is 12.4 Å². The van der Waals surface area contributed by atoms with Crippen molar-refractivity contribution in [1.29, 1.82) is 0 Å². The van der Waals surface area contributed by atoms with Crippen LogP contribution < -0.4 is 21.5 Å². The normalized spacial score (nSPS) is 46.4. The molecule has 0 bridgehead atoms. The van der Waals surface area contributed by atoms with Gasteiger partial charge in [-0.2, -0.15) is 5.48 Å². The summed E-state index contributed by atoms with van der Waals surface area (Å²) in [7, 11) is 1.95. The highest BCUT2D eigenvalue weighted by molar-refractivity contribution is 5.79. The molecule has 7 nitrogen and oxygen atoms in total. The van der Waals surface area contributed by atoms with Gasteiger partial charge in [0, 0.05) is 32.1 Å². The van der Waals surface area contributed by atoms with Gasteiger partial charge in [0.05, 0.1) is 12.1 Å². The van der Waals surface area contributed by atoms with Gasteiger partial charge in [-0.05, 0) is 43.9 Å². The summed E-state index contributed by atoms with van der Waals surface area (Å²) in [6.07, 6.45) is 3.30.